The third kappa shape index (κ3) is 9.93. The van der Waals surface area contributed by atoms with Gasteiger partial charge in [-0.3, -0.25) is 19.8 Å². The minimum absolute atomic E-state index is 0.0468. The van der Waals surface area contributed by atoms with Crippen molar-refractivity contribution in [3.8, 4) is 11.5 Å². The van der Waals surface area contributed by atoms with Gasteiger partial charge in [-0.05, 0) is 90.8 Å². The zero-order chi connectivity index (χ0) is 44.7. The number of sulfonamides is 1. The lowest BCUT2D eigenvalue weighted by atomic mass is 9.72. The van der Waals surface area contributed by atoms with Crippen molar-refractivity contribution in [1.82, 2.24) is 19.6 Å². The van der Waals surface area contributed by atoms with Crippen LogP contribution in [0.3, 0.4) is 0 Å². The van der Waals surface area contributed by atoms with E-state index in [0.29, 0.717) is 81.4 Å². The number of anilines is 2. The summed E-state index contributed by atoms with van der Waals surface area (Å²) in [5, 5.41) is 15.8. The van der Waals surface area contributed by atoms with E-state index in [-0.39, 0.29) is 33.5 Å². The Morgan fingerprint density at radius 3 is 2.59 bits per heavy atom. The first-order valence-electron chi connectivity index (χ1n) is 20.4. The molecule has 2 aliphatic heterocycles. The summed E-state index contributed by atoms with van der Waals surface area (Å²) in [6.07, 6.45) is 1.74. The minimum atomic E-state index is -4.61. The molecule has 19 heteroatoms. The number of nitro groups is 1. The molecule has 5 aromatic rings. The summed E-state index contributed by atoms with van der Waals surface area (Å²) < 4.78 is 81.3. The van der Waals surface area contributed by atoms with Crippen molar-refractivity contribution in [3.05, 3.63) is 117 Å². The number of hydrogen-bond acceptors (Lipinski definition) is 11. The summed E-state index contributed by atoms with van der Waals surface area (Å²) in [5.74, 6) is -0.671. The first-order valence-corrected chi connectivity index (χ1v) is 22.3. The van der Waals surface area contributed by atoms with Gasteiger partial charge in [0.15, 0.2) is 0 Å². The molecule has 0 spiro atoms. The highest BCUT2D eigenvalue weighted by molar-refractivity contribution is 7.90. The van der Waals surface area contributed by atoms with Gasteiger partial charge in [0.1, 0.15) is 22.8 Å². The molecule has 2 saturated heterocycles. The van der Waals surface area contributed by atoms with Gasteiger partial charge >= 0.3 is 6.18 Å². The highest BCUT2D eigenvalue weighted by Crippen LogP contribution is 2.46. The second kappa shape index (κ2) is 17.5. The number of pyridine rings is 1. The van der Waals surface area contributed by atoms with Crippen molar-refractivity contribution in [1.29, 1.82) is 0 Å². The van der Waals surface area contributed by atoms with E-state index in [0.717, 1.165) is 47.6 Å². The fraction of sp³-hybridized carbons (Fsp3) is 0.364. The van der Waals surface area contributed by atoms with Crippen LogP contribution in [0.25, 0.3) is 16.6 Å². The number of carbonyl (C=O) groups excluding carboxylic acids is 1. The first-order chi connectivity index (χ1) is 29.9. The second-order valence-electron chi connectivity index (χ2n) is 16.8. The zero-order valence-corrected chi connectivity index (χ0v) is 36.0. The third-order valence-corrected chi connectivity index (χ3v) is 13.4. The quantitative estimate of drug-likeness (QED) is 0.0806. The van der Waals surface area contributed by atoms with Gasteiger partial charge in [0.25, 0.3) is 21.6 Å². The number of aromatic nitrogens is 2. The molecule has 0 saturated carbocycles. The van der Waals surface area contributed by atoms with Crippen LogP contribution in [0.5, 0.6) is 11.5 Å². The average molecular weight is 908 g/mol. The smallest absolute Gasteiger partial charge is 0.416 e. The number of halogens is 4. The van der Waals surface area contributed by atoms with Crippen molar-refractivity contribution in [2.24, 2.45) is 5.41 Å². The molecule has 8 rings (SSSR count). The normalized spacial score (nSPS) is 18.4. The molecular formula is C44H45ClF3N7O7S. The Hall–Kier alpha value is -5.69. The number of carbonyl (C=O) groups is 1. The Balaban J connectivity index is 1.02. The molecule has 0 radical (unpaired) electrons. The number of amides is 1. The maximum atomic E-state index is 13.9. The van der Waals surface area contributed by atoms with E-state index in [1.807, 2.05) is 0 Å². The Labute approximate surface area is 366 Å². The summed E-state index contributed by atoms with van der Waals surface area (Å²) in [6.45, 7) is 8.27. The van der Waals surface area contributed by atoms with Crippen molar-refractivity contribution < 1.29 is 40.8 Å². The summed E-state index contributed by atoms with van der Waals surface area (Å²) in [7, 11) is -4.61. The Morgan fingerprint density at radius 2 is 1.87 bits per heavy atom. The van der Waals surface area contributed by atoms with E-state index in [4.69, 9.17) is 21.1 Å². The number of ether oxygens (including phenoxy) is 2. The molecule has 3 N–H and O–H groups in total. The van der Waals surface area contributed by atoms with Gasteiger partial charge in [0, 0.05) is 73.8 Å². The predicted molar refractivity (Wildman–Crippen MR) is 233 cm³/mol. The molecule has 4 heterocycles. The molecule has 2 fully saturated rings. The van der Waals surface area contributed by atoms with Crippen LogP contribution < -0.4 is 19.7 Å². The molecule has 1 unspecified atom stereocenters. The number of H-pyrrole nitrogens is 1. The van der Waals surface area contributed by atoms with E-state index in [1.165, 1.54) is 30.5 Å². The molecule has 1 aliphatic carbocycles. The highest BCUT2D eigenvalue weighted by Gasteiger charge is 2.34. The number of nitrogens with one attached hydrogen (secondary N) is 3. The largest absolute Gasteiger partial charge is 0.455 e. The van der Waals surface area contributed by atoms with E-state index >= 15 is 0 Å². The maximum Gasteiger partial charge on any atom is 0.416 e. The highest BCUT2D eigenvalue weighted by atomic mass is 35.5. The molecule has 1 atom stereocenters. The summed E-state index contributed by atoms with van der Waals surface area (Å²) >= 11 is 6.52. The minimum Gasteiger partial charge on any atom is -0.455 e. The van der Waals surface area contributed by atoms with E-state index in [2.05, 4.69) is 43.7 Å². The third-order valence-electron chi connectivity index (χ3n) is 11.8. The number of fused-ring (bicyclic) bond motifs is 1. The average Bonchev–Trinajstić information content (AvgIpc) is 3.93. The predicted octanol–water partition coefficient (Wildman–Crippen LogP) is 9.04. The summed E-state index contributed by atoms with van der Waals surface area (Å²) in [6, 6.07) is 15.2. The molecule has 0 bridgehead atoms. The van der Waals surface area contributed by atoms with Crippen LogP contribution >= 0.6 is 11.6 Å². The number of alkyl halides is 3. The van der Waals surface area contributed by atoms with Gasteiger partial charge in [0.2, 0.25) is 0 Å². The number of aromatic amines is 1. The summed E-state index contributed by atoms with van der Waals surface area (Å²) in [4.78, 5) is 36.5. The zero-order valence-electron chi connectivity index (χ0n) is 34.4. The second-order valence-corrected chi connectivity index (χ2v) is 18.9. The van der Waals surface area contributed by atoms with E-state index < -0.39 is 43.2 Å². The fourth-order valence-corrected chi connectivity index (χ4v) is 9.58. The fourth-order valence-electron chi connectivity index (χ4n) is 8.30. The van der Waals surface area contributed by atoms with Crippen molar-refractivity contribution in [2.75, 3.05) is 56.2 Å². The number of hydrogen-bond donors (Lipinski definition) is 3. The first kappa shape index (κ1) is 43.9. The van der Waals surface area contributed by atoms with Crippen LogP contribution in [-0.2, 0) is 20.9 Å². The maximum absolute atomic E-state index is 13.9. The van der Waals surface area contributed by atoms with E-state index in [9.17, 15) is 36.5 Å². The van der Waals surface area contributed by atoms with Crippen LogP contribution in [0, 0.1) is 15.5 Å². The monoisotopic (exact) mass is 907 g/mol. The molecular weight excluding hydrogens is 863 g/mol. The lowest BCUT2D eigenvalue weighted by Gasteiger charge is -2.39. The number of piperazine rings is 1. The number of nitrogens with zero attached hydrogens (tertiary/aromatic N) is 4. The van der Waals surface area contributed by atoms with Gasteiger partial charge in [-0.2, -0.15) is 13.2 Å². The van der Waals surface area contributed by atoms with Gasteiger partial charge in [0.05, 0.1) is 39.8 Å². The number of rotatable bonds is 12. The van der Waals surface area contributed by atoms with Gasteiger partial charge in [-0.15, -0.1) is 0 Å². The van der Waals surface area contributed by atoms with E-state index in [1.54, 1.807) is 30.5 Å². The lowest BCUT2D eigenvalue weighted by Crippen LogP contribution is -2.47. The topological polar surface area (TPSA) is 172 Å². The van der Waals surface area contributed by atoms with Crippen LogP contribution in [0.1, 0.15) is 61.0 Å². The van der Waals surface area contributed by atoms with Crippen LogP contribution in [0.4, 0.5) is 30.2 Å². The van der Waals surface area contributed by atoms with Crippen molar-refractivity contribution in [2.45, 2.75) is 56.6 Å². The SMILES string of the molecule is CC1(C)CCC(CN2CCN(c3ccc(C(=O)NS(=O)(=O)c4ccc(NC5CCOC5)c([N+](=O)[O-])c4)c(Oc4cnc5[nH]ccc5c4)c3)CC2)=C(c2ccc(C(F)(F)F)cc2Cl)C1. The van der Waals surface area contributed by atoms with Crippen LogP contribution in [0.15, 0.2) is 89.6 Å². The Morgan fingerprint density at radius 1 is 1.08 bits per heavy atom. The molecule has 2 aromatic heterocycles. The number of allylic oxidation sites excluding steroid dienone is 1. The summed E-state index contributed by atoms with van der Waals surface area (Å²) in [5.41, 5.74) is 2.82. The lowest BCUT2D eigenvalue weighted by molar-refractivity contribution is -0.384. The van der Waals surface area contributed by atoms with Crippen molar-refractivity contribution >= 4 is 61.2 Å². The van der Waals surface area contributed by atoms with Crippen LogP contribution in [0.2, 0.25) is 5.02 Å². The Bertz CT molecular complexity index is 2710. The van der Waals surface area contributed by atoms with Crippen molar-refractivity contribution in [3.63, 3.8) is 0 Å². The van der Waals surface area contributed by atoms with Gasteiger partial charge in [-0.1, -0.05) is 37.1 Å². The molecule has 3 aliphatic rings. The van der Waals surface area contributed by atoms with Crippen LogP contribution in [-0.4, -0.2) is 86.1 Å². The van der Waals surface area contributed by atoms with Gasteiger partial charge in [-0.25, -0.2) is 18.1 Å². The van der Waals surface area contributed by atoms with Gasteiger partial charge < -0.3 is 24.7 Å². The number of benzene rings is 3. The molecule has 14 nitrogen and oxygen atoms in total. The molecule has 3 aromatic carbocycles. The number of nitro benzene ring substituents is 1. The Kier molecular flexibility index (Phi) is 12.2. The molecule has 332 valence electrons. The molecule has 1 amide bonds. The molecule has 63 heavy (non-hydrogen) atoms. The standard InChI is InChI=1S/C44H45ClF3N7O7S/c1-43(2)12-9-28(36(23-43)34-6-3-29(20-37(34)45)44(46,47)48)25-53-14-16-54(17-15-53)31-4-7-35(40(21-31)62-32-19-27-10-13-49-41(27)50-24-32)42(56)52-63(59,60)33-5-8-38(39(22-33)55(57)58)51-30-11-18-61-26-30/h3-8,10,13,19-22,24,30,51H,9,11-12,14-18,23,25-26H2,1-2H3,(H,49,50)(H,52,56).